The summed E-state index contributed by atoms with van der Waals surface area (Å²) in [5.74, 6) is -1.06. The summed E-state index contributed by atoms with van der Waals surface area (Å²) < 4.78 is 10.8. The lowest BCUT2D eigenvalue weighted by molar-refractivity contribution is -0.138. The van der Waals surface area contributed by atoms with E-state index in [0.29, 0.717) is 6.61 Å². The van der Waals surface area contributed by atoms with Gasteiger partial charge in [0.1, 0.15) is 12.7 Å². The van der Waals surface area contributed by atoms with Crippen LogP contribution in [0, 0.1) is 5.92 Å². The van der Waals surface area contributed by atoms with Crippen molar-refractivity contribution in [3.05, 3.63) is 35.4 Å². The van der Waals surface area contributed by atoms with Crippen molar-refractivity contribution in [1.82, 2.24) is 4.90 Å². The maximum Gasteiger partial charge on any atom is 0.508 e. The molecule has 28 heavy (non-hydrogen) atoms. The summed E-state index contributed by atoms with van der Waals surface area (Å²) in [6.07, 6.45) is 3.05. The number of benzene rings is 1. The van der Waals surface area contributed by atoms with E-state index >= 15 is 0 Å². The van der Waals surface area contributed by atoms with Crippen molar-refractivity contribution in [3.63, 3.8) is 0 Å². The van der Waals surface area contributed by atoms with Gasteiger partial charge in [-0.3, -0.25) is 4.79 Å². The molecule has 1 aromatic rings. The zero-order chi connectivity index (χ0) is 20.5. The van der Waals surface area contributed by atoms with E-state index in [0.717, 1.165) is 56.4 Å². The highest BCUT2D eigenvalue weighted by atomic mass is 16.7. The van der Waals surface area contributed by atoms with Crippen molar-refractivity contribution >= 4 is 12.1 Å². The molecule has 0 spiro atoms. The summed E-state index contributed by atoms with van der Waals surface area (Å²) in [4.78, 5) is 25.3. The SMILES string of the molecule is CCN(CC)CCOC(=O)O[C@H]1CCC[C@@H]1Cc1ccc([C@H](C)C(=O)O)cc1. The molecule has 0 radical (unpaired) electrons. The first kappa shape index (κ1) is 22.2. The first-order chi connectivity index (χ1) is 13.4. The summed E-state index contributed by atoms with van der Waals surface area (Å²) in [6, 6.07) is 7.71. The Hall–Kier alpha value is -2.08. The largest absolute Gasteiger partial charge is 0.508 e. The van der Waals surface area contributed by atoms with Gasteiger partial charge < -0.3 is 19.5 Å². The Balaban J connectivity index is 1.82. The van der Waals surface area contributed by atoms with Gasteiger partial charge in [-0.2, -0.15) is 0 Å². The van der Waals surface area contributed by atoms with Crippen LogP contribution in [0.4, 0.5) is 4.79 Å². The summed E-state index contributed by atoms with van der Waals surface area (Å²) in [7, 11) is 0. The molecule has 0 bridgehead atoms. The van der Waals surface area contributed by atoms with Gasteiger partial charge in [0.15, 0.2) is 0 Å². The molecule has 1 fully saturated rings. The Kier molecular flexibility index (Phi) is 8.77. The lowest BCUT2D eigenvalue weighted by Crippen LogP contribution is -2.29. The minimum absolute atomic E-state index is 0.112. The van der Waals surface area contributed by atoms with Crippen LogP contribution < -0.4 is 0 Å². The van der Waals surface area contributed by atoms with E-state index in [1.54, 1.807) is 6.92 Å². The summed E-state index contributed by atoms with van der Waals surface area (Å²) in [6.45, 7) is 8.79. The molecule has 0 saturated heterocycles. The molecule has 1 saturated carbocycles. The molecule has 0 aromatic heterocycles. The number of carboxylic acid groups (broad SMARTS) is 1. The molecule has 6 heteroatoms. The molecular formula is C22H33NO5. The van der Waals surface area contributed by atoms with E-state index in [1.807, 2.05) is 24.3 Å². The van der Waals surface area contributed by atoms with Crippen LogP contribution in [0.5, 0.6) is 0 Å². The van der Waals surface area contributed by atoms with Crippen molar-refractivity contribution in [2.75, 3.05) is 26.2 Å². The maximum atomic E-state index is 12.0. The number of hydrogen-bond donors (Lipinski definition) is 1. The Bertz CT molecular complexity index is 626. The number of carbonyl (C=O) groups excluding carboxylic acids is 1. The molecule has 3 atom stereocenters. The number of carboxylic acids is 1. The topological polar surface area (TPSA) is 76.1 Å². The smallest absolute Gasteiger partial charge is 0.481 e. The number of ether oxygens (including phenoxy) is 2. The van der Waals surface area contributed by atoms with Crippen LogP contribution >= 0.6 is 0 Å². The van der Waals surface area contributed by atoms with Crippen molar-refractivity contribution in [1.29, 1.82) is 0 Å². The molecule has 1 aliphatic rings. The molecule has 1 aromatic carbocycles. The average Bonchev–Trinajstić information content (AvgIpc) is 3.11. The third-order valence-electron chi connectivity index (χ3n) is 5.71. The number of likely N-dealkylation sites (N-methyl/N-ethyl adjacent to an activating group) is 1. The second-order valence-corrected chi connectivity index (χ2v) is 7.48. The molecule has 6 nitrogen and oxygen atoms in total. The van der Waals surface area contributed by atoms with Gasteiger partial charge in [-0.15, -0.1) is 0 Å². The molecule has 1 N–H and O–H groups in total. The fourth-order valence-corrected chi connectivity index (χ4v) is 3.73. The first-order valence-corrected chi connectivity index (χ1v) is 10.3. The van der Waals surface area contributed by atoms with Crippen LogP contribution in [0.15, 0.2) is 24.3 Å². The maximum absolute atomic E-state index is 12.0. The molecular weight excluding hydrogens is 358 g/mol. The minimum atomic E-state index is -0.823. The van der Waals surface area contributed by atoms with Crippen LogP contribution in [0.3, 0.4) is 0 Å². The fourth-order valence-electron chi connectivity index (χ4n) is 3.73. The summed E-state index contributed by atoms with van der Waals surface area (Å²) >= 11 is 0. The normalized spacial score (nSPS) is 20.1. The van der Waals surface area contributed by atoms with Crippen LogP contribution in [0.25, 0.3) is 0 Å². The minimum Gasteiger partial charge on any atom is -0.481 e. The molecule has 2 rings (SSSR count). The van der Waals surface area contributed by atoms with E-state index in [9.17, 15) is 9.59 Å². The second-order valence-electron chi connectivity index (χ2n) is 7.48. The zero-order valence-corrected chi connectivity index (χ0v) is 17.2. The lowest BCUT2D eigenvalue weighted by Gasteiger charge is -2.21. The van der Waals surface area contributed by atoms with Crippen molar-refractivity contribution < 1.29 is 24.2 Å². The number of carbonyl (C=O) groups is 2. The Labute approximate surface area is 167 Å². The van der Waals surface area contributed by atoms with Gasteiger partial charge >= 0.3 is 12.1 Å². The van der Waals surface area contributed by atoms with E-state index in [2.05, 4.69) is 18.7 Å². The predicted octanol–water partition coefficient (Wildman–Crippen LogP) is 4.08. The molecule has 156 valence electrons. The number of hydrogen-bond acceptors (Lipinski definition) is 5. The summed E-state index contributed by atoms with van der Waals surface area (Å²) in [5.41, 5.74) is 1.93. The Morgan fingerprint density at radius 1 is 1.18 bits per heavy atom. The standard InChI is InChI=1S/C22H33NO5/c1-4-23(5-2)13-14-27-22(26)28-20-8-6-7-19(20)15-17-9-11-18(12-10-17)16(3)21(24)25/h9-12,16,19-20H,4-8,13-15H2,1-3H3,(H,24,25)/t16-,19+,20-/m0/s1. The molecule has 0 unspecified atom stereocenters. The van der Waals surface area contributed by atoms with E-state index in [-0.39, 0.29) is 12.0 Å². The fraction of sp³-hybridized carbons (Fsp3) is 0.636. The van der Waals surface area contributed by atoms with Gasteiger partial charge in [0.2, 0.25) is 0 Å². The van der Waals surface area contributed by atoms with Crippen LogP contribution in [-0.2, 0) is 20.7 Å². The average molecular weight is 392 g/mol. The second kappa shape index (κ2) is 11.1. The highest BCUT2D eigenvalue weighted by Crippen LogP contribution is 2.32. The molecule has 0 amide bonds. The van der Waals surface area contributed by atoms with Gasteiger partial charge in [-0.1, -0.05) is 38.1 Å². The third kappa shape index (κ3) is 6.51. The highest BCUT2D eigenvalue weighted by Gasteiger charge is 2.31. The lowest BCUT2D eigenvalue weighted by atomic mass is 9.93. The van der Waals surface area contributed by atoms with Crippen molar-refractivity contribution in [3.8, 4) is 0 Å². The number of rotatable bonds is 10. The summed E-state index contributed by atoms with van der Waals surface area (Å²) in [5, 5.41) is 9.11. The molecule has 0 heterocycles. The number of nitrogens with zero attached hydrogens (tertiary/aromatic N) is 1. The predicted molar refractivity (Wildman–Crippen MR) is 108 cm³/mol. The number of aliphatic carboxylic acids is 1. The first-order valence-electron chi connectivity index (χ1n) is 10.3. The zero-order valence-electron chi connectivity index (χ0n) is 17.2. The molecule has 0 aliphatic heterocycles. The molecule has 1 aliphatic carbocycles. The van der Waals surface area contributed by atoms with Crippen LogP contribution in [0.2, 0.25) is 0 Å². The quantitative estimate of drug-likeness (QED) is 0.606. The van der Waals surface area contributed by atoms with Gasteiger partial charge in [-0.25, -0.2) is 4.79 Å². The van der Waals surface area contributed by atoms with Gasteiger partial charge in [0, 0.05) is 12.5 Å². The van der Waals surface area contributed by atoms with Gasteiger partial charge in [-0.05, 0) is 56.8 Å². The highest BCUT2D eigenvalue weighted by molar-refractivity contribution is 5.75. The van der Waals surface area contributed by atoms with E-state index in [1.165, 1.54) is 0 Å². The van der Waals surface area contributed by atoms with Gasteiger partial charge in [0.25, 0.3) is 0 Å². The van der Waals surface area contributed by atoms with Crippen molar-refractivity contribution in [2.24, 2.45) is 5.92 Å². The van der Waals surface area contributed by atoms with E-state index in [4.69, 9.17) is 14.6 Å². The van der Waals surface area contributed by atoms with Crippen LogP contribution in [0.1, 0.15) is 57.1 Å². The van der Waals surface area contributed by atoms with Crippen molar-refractivity contribution in [2.45, 2.75) is 58.5 Å². The third-order valence-corrected chi connectivity index (χ3v) is 5.71. The van der Waals surface area contributed by atoms with E-state index < -0.39 is 18.0 Å². The van der Waals surface area contributed by atoms with Crippen LogP contribution in [-0.4, -0.2) is 54.5 Å². The monoisotopic (exact) mass is 391 g/mol. The Morgan fingerprint density at radius 3 is 2.46 bits per heavy atom. The van der Waals surface area contributed by atoms with Gasteiger partial charge in [0.05, 0.1) is 5.92 Å². The Morgan fingerprint density at radius 2 is 1.86 bits per heavy atom.